The Kier molecular flexibility index (Phi) is 3.39. The van der Waals surface area contributed by atoms with Crippen LogP contribution < -0.4 is 5.32 Å². The van der Waals surface area contributed by atoms with Gasteiger partial charge in [0.25, 0.3) is 0 Å². The molecule has 18 heavy (non-hydrogen) atoms. The predicted octanol–water partition coefficient (Wildman–Crippen LogP) is 2.67. The van der Waals surface area contributed by atoms with Crippen molar-refractivity contribution in [3.8, 4) is 0 Å². The third kappa shape index (κ3) is 2.31. The van der Waals surface area contributed by atoms with Gasteiger partial charge in [-0.25, -0.2) is 0 Å². The van der Waals surface area contributed by atoms with E-state index >= 15 is 0 Å². The van der Waals surface area contributed by atoms with Crippen LogP contribution in [0.5, 0.6) is 0 Å². The van der Waals surface area contributed by atoms with Crippen molar-refractivity contribution in [2.75, 3.05) is 6.54 Å². The van der Waals surface area contributed by atoms with Gasteiger partial charge in [-0.05, 0) is 42.9 Å². The Labute approximate surface area is 113 Å². The molecule has 1 saturated heterocycles. The summed E-state index contributed by atoms with van der Waals surface area (Å²) in [5, 5.41) is 3.85. The molecule has 3 rings (SSSR count). The third-order valence-electron chi connectivity index (χ3n) is 4.69. The van der Waals surface area contributed by atoms with Gasteiger partial charge in [0, 0.05) is 6.54 Å². The first-order chi connectivity index (χ1) is 8.63. The summed E-state index contributed by atoms with van der Waals surface area (Å²) in [6.45, 7) is 5.11. The van der Waals surface area contributed by atoms with Crippen LogP contribution in [-0.2, 0) is 4.79 Å². The van der Waals surface area contributed by atoms with Gasteiger partial charge in [0.1, 0.15) is 0 Å². The highest BCUT2D eigenvalue weighted by Gasteiger charge is 2.39. The van der Waals surface area contributed by atoms with Gasteiger partial charge in [0.05, 0.1) is 5.25 Å². The number of amidine groups is 1. The van der Waals surface area contributed by atoms with Gasteiger partial charge in [-0.1, -0.05) is 32.0 Å². The lowest BCUT2D eigenvalue weighted by Gasteiger charge is -2.19. The van der Waals surface area contributed by atoms with E-state index in [9.17, 15) is 4.79 Å². The zero-order chi connectivity index (χ0) is 12.7. The summed E-state index contributed by atoms with van der Waals surface area (Å²) >= 11 is 1.62. The first kappa shape index (κ1) is 12.5. The van der Waals surface area contributed by atoms with Crippen LogP contribution in [0.25, 0.3) is 0 Å². The van der Waals surface area contributed by atoms with Crippen LogP contribution in [0, 0.1) is 23.7 Å². The maximum atomic E-state index is 11.7. The quantitative estimate of drug-likeness (QED) is 0.853. The summed E-state index contributed by atoms with van der Waals surface area (Å²) in [6.07, 6.45) is 5.66. The Bertz CT molecular complexity index is 380. The fraction of sp³-hybridized carbons (Fsp3) is 0.857. The smallest absolute Gasteiger partial charge is 0.239 e. The summed E-state index contributed by atoms with van der Waals surface area (Å²) in [7, 11) is 0. The molecule has 0 spiro atoms. The van der Waals surface area contributed by atoms with E-state index in [2.05, 4.69) is 24.2 Å². The number of hydrogen-bond acceptors (Lipinski definition) is 3. The van der Waals surface area contributed by atoms with Crippen molar-refractivity contribution >= 4 is 22.8 Å². The average molecular weight is 266 g/mol. The zero-order valence-electron chi connectivity index (χ0n) is 11.2. The SMILES string of the molecule is CC(C)[C@@H]1SC(=NCC2C[C@@H]3CC[C@H]2C3)NC1=O. The molecular formula is C14H22N2OS. The second kappa shape index (κ2) is 4.87. The van der Waals surface area contributed by atoms with Gasteiger partial charge in [-0.2, -0.15) is 0 Å². The molecule has 3 nitrogen and oxygen atoms in total. The minimum absolute atomic E-state index is 0.0591. The van der Waals surface area contributed by atoms with Crippen LogP contribution >= 0.6 is 11.8 Å². The summed E-state index contributed by atoms with van der Waals surface area (Å²) < 4.78 is 0. The van der Waals surface area contributed by atoms with Gasteiger partial charge in [0.2, 0.25) is 5.91 Å². The van der Waals surface area contributed by atoms with E-state index in [1.54, 1.807) is 11.8 Å². The van der Waals surface area contributed by atoms with Crippen LogP contribution in [0.1, 0.15) is 39.5 Å². The fourth-order valence-electron chi connectivity index (χ4n) is 3.70. The molecular weight excluding hydrogens is 244 g/mol. The van der Waals surface area contributed by atoms with Crippen LogP contribution in [0.2, 0.25) is 0 Å². The van der Waals surface area contributed by atoms with Crippen LogP contribution in [0.3, 0.4) is 0 Å². The van der Waals surface area contributed by atoms with Crippen LogP contribution in [0.4, 0.5) is 0 Å². The summed E-state index contributed by atoms with van der Waals surface area (Å²) in [5.74, 6) is 3.20. The van der Waals surface area contributed by atoms with E-state index in [-0.39, 0.29) is 11.2 Å². The summed E-state index contributed by atoms with van der Waals surface area (Å²) in [5.41, 5.74) is 0. The van der Waals surface area contributed by atoms with Gasteiger partial charge >= 0.3 is 0 Å². The van der Waals surface area contributed by atoms with Crippen molar-refractivity contribution < 1.29 is 4.79 Å². The fourth-order valence-corrected chi connectivity index (χ4v) is 4.68. The number of carbonyl (C=O) groups excluding carboxylic acids is 1. The molecule has 100 valence electrons. The number of thioether (sulfide) groups is 1. The molecule has 3 fully saturated rings. The van der Waals surface area contributed by atoms with Crippen molar-refractivity contribution in [1.82, 2.24) is 5.32 Å². The first-order valence-electron chi connectivity index (χ1n) is 7.15. The van der Waals surface area contributed by atoms with Gasteiger partial charge in [-0.15, -0.1) is 0 Å². The van der Waals surface area contributed by atoms with Gasteiger partial charge in [-0.3, -0.25) is 9.79 Å². The van der Waals surface area contributed by atoms with Crippen molar-refractivity contribution in [2.24, 2.45) is 28.7 Å². The minimum atomic E-state index is 0.0591. The highest BCUT2D eigenvalue weighted by Crippen LogP contribution is 2.48. The molecule has 0 radical (unpaired) electrons. The number of amides is 1. The van der Waals surface area contributed by atoms with Crippen molar-refractivity contribution in [1.29, 1.82) is 0 Å². The van der Waals surface area contributed by atoms with E-state index in [4.69, 9.17) is 0 Å². The van der Waals surface area contributed by atoms with E-state index in [1.165, 1.54) is 25.7 Å². The number of nitrogens with one attached hydrogen (secondary N) is 1. The Morgan fingerprint density at radius 1 is 1.39 bits per heavy atom. The molecule has 1 unspecified atom stereocenters. The predicted molar refractivity (Wildman–Crippen MR) is 75.6 cm³/mol. The molecule has 0 aromatic heterocycles. The average Bonchev–Trinajstić information content (AvgIpc) is 3.00. The lowest BCUT2D eigenvalue weighted by atomic mass is 9.89. The normalized spacial score (nSPS) is 41.1. The van der Waals surface area contributed by atoms with E-state index in [1.807, 2.05) is 0 Å². The monoisotopic (exact) mass is 266 g/mol. The zero-order valence-corrected chi connectivity index (χ0v) is 12.0. The van der Waals surface area contributed by atoms with Crippen molar-refractivity contribution in [3.63, 3.8) is 0 Å². The van der Waals surface area contributed by atoms with E-state index in [0.717, 1.165) is 29.5 Å². The Balaban J connectivity index is 1.56. The van der Waals surface area contributed by atoms with Gasteiger partial charge in [0.15, 0.2) is 5.17 Å². The molecule has 3 aliphatic rings. The molecule has 0 aromatic rings. The van der Waals surface area contributed by atoms with Gasteiger partial charge < -0.3 is 5.32 Å². The number of aliphatic imine (C=N–C) groups is 1. The molecule has 2 bridgehead atoms. The minimum Gasteiger partial charge on any atom is -0.304 e. The number of hydrogen-bond donors (Lipinski definition) is 1. The maximum absolute atomic E-state index is 11.7. The Morgan fingerprint density at radius 3 is 2.78 bits per heavy atom. The number of fused-ring (bicyclic) bond motifs is 2. The second-order valence-electron chi connectivity index (χ2n) is 6.35. The second-order valence-corrected chi connectivity index (χ2v) is 7.48. The molecule has 1 amide bonds. The highest BCUT2D eigenvalue weighted by molar-refractivity contribution is 8.15. The number of nitrogens with zero attached hydrogens (tertiary/aromatic N) is 1. The Morgan fingerprint density at radius 2 is 2.22 bits per heavy atom. The highest BCUT2D eigenvalue weighted by atomic mass is 32.2. The van der Waals surface area contributed by atoms with Crippen molar-refractivity contribution in [3.05, 3.63) is 0 Å². The first-order valence-corrected chi connectivity index (χ1v) is 8.03. The molecule has 2 aliphatic carbocycles. The molecule has 1 N–H and O–H groups in total. The summed E-state index contributed by atoms with van der Waals surface area (Å²) in [6, 6.07) is 0. The molecule has 4 heteroatoms. The lowest BCUT2D eigenvalue weighted by Crippen LogP contribution is -2.28. The molecule has 0 aromatic carbocycles. The van der Waals surface area contributed by atoms with E-state index < -0.39 is 0 Å². The largest absolute Gasteiger partial charge is 0.304 e. The lowest BCUT2D eigenvalue weighted by molar-refractivity contribution is -0.119. The molecule has 4 atom stereocenters. The number of carbonyl (C=O) groups is 1. The Hall–Kier alpha value is -0.510. The molecule has 2 saturated carbocycles. The van der Waals surface area contributed by atoms with E-state index in [0.29, 0.717) is 5.92 Å². The third-order valence-corrected chi connectivity index (χ3v) is 6.15. The molecule has 1 heterocycles. The summed E-state index contributed by atoms with van der Waals surface area (Å²) in [4.78, 5) is 16.4. The molecule has 1 aliphatic heterocycles. The van der Waals surface area contributed by atoms with Crippen LogP contribution in [0.15, 0.2) is 4.99 Å². The van der Waals surface area contributed by atoms with Crippen LogP contribution in [-0.4, -0.2) is 22.9 Å². The maximum Gasteiger partial charge on any atom is 0.239 e. The van der Waals surface area contributed by atoms with Crippen molar-refractivity contribution in [2.45, 2.75) is 44.8 Å². The standard InChI is InChI=1S/C14H22N2OS/c1-8(2)12-13(17)16-14(18-12)15-7-11-6-9-3-4-10(11)5-9/h8-12H,3-7H2,1-2H3,(H,15,16,17)/t9-,10+,11?,12+/m1/s1. The number of rotatable bonds is 3. The topological polar surface area (TPSA) is 41.5 Å².